The summed E-state index contributed by atoms with van der Waals surface area (Å²) in [4.78, 5) is 42.9. The molecule has 0 bridgehead atoms. The molecule has 38 heavy (non-hydrogen) atoms. The largest absolute Gasteiger partial charge is 0.481 e. The molecule has 1 aromatic rings. The molecular formula is C30H48N2O6. The van der Waals surface area contributed by atoms with Crippen LogP contribution in [0.3, 0.4) is 0 Å². The fourth-order valence-corrected chi connectivity index (χ4v) is 4.40. The lowest BCUT2D eigenvalue weighted by Gasteiger charge is -2.32. The number of ether oxygens (including phenoxy) is 1. The number of hydrogen-bond acceptors (Lipinski definition) is 6. The number of aliphatic carboxylic acids is 1. The Balaban J connectivity index is 3.21. The summed E-state index contributed by atoms with van der Waals surface area (Å²) in [6.45, 7) is 11.9. The molecule has 0 aliphatic rings. The first-order chi connectivity index (χ1) is 18.1. The molecule has 0 fully saturated rings. The summed E-state index contributed by atoms with van der Waals surface area (Å²) < 4.78 is 11.4. The number of esters is 1. The van der Waals surface area contributed by atoms with Gasteiger partial charge in [0.05, 0.1) is 25.1 Å². The molecule has 2 N–H and O–H groups in total. The summed E-state index contributed by atoms with van der Waals surface area (Å²) in [6.07, 6.45) is 13.6. The number of hydrogen-bond donors (Lipinski definition) is 2. The molecule has 0 aromatic carbocycles. The highest BCUT2D eigenvalue weighted by Crippen LogP contribution is 2.34. The van der Waals surface area contributed by atoms with E-state index in [-0.39, 0.29) is 25.4 Å². The van der Waals surface area contributed by atoms with Crippen LogP contribution in [0.25, 0.3) is 5.57 Å². The molecule has 0 spiro atoms. The van der Waals surface area contributed by atoms with Crippen LogP contribution in [0, 0.1) is 11.3 Å². The number of amides is 1. The minimum atomic E-state index is -0.993. The Labute approximate surface area is 228 Å². The summed E-state index contributed by atoms with van der Waals surface area (Å²) in [6, 6.07) is -0.993. The second-order valence-electron chi connectivity index (χ2n) is 10.1. The van der Waals surface area contributed by atoms with E-state index in [2.05, 4.69) is 16.4 Å². The van der Waals surface area contributed by atoms with Crippen molar-refractivity contribution in [2.75, 3.05) is 6.61 Å². The first-order valence-electron chi connectivity index (χ1n) is 14.1. The minimum absolute atomic E-state index is 0.0430. The van der Waals surface area contributed by atoms with Gasteiger partial charge in [-0.2, -0.15) is 0 Å². The van der Waals surface area contributed by atoms with Gasteiger partial charge >= 0.3 is 11.9 Å². The van der Waals surface area contributed by atoms with Crippen LogP contribution in [0.5, 0.6) is 0 Å². The monoisotopic (exact) mass is 532 g/mol. The average Bonchev–Trinajstić information content (AvgIpc) is 3.36. The summed E-state index contributed by atoms with van der Waals surface area (Å²) >= 11 is 0. The molecule has 8 nitrogen and oxygen atoms in total. The van der Waals surface area contributed by atoms with Crippen molar-refractivity contribution >= 4 is 23.4 Å². The van der Waals surface area contributed by atoms with Crippen LogP contribution in [-0.2, 0) is 25.5 Å². The van der Waals surface area contributed by atoms with Gasteiger partial charge in [-0.15, -0.1) is 0 Å². The topological polar surface area (TPSA) is 119 Å². The Morgan fingerprint density at radius 3 is 2.50 bits per heavy atom. The van der Waals surface area contributed by atoms with Crippen molar-refractivity contribution < 1.29 is 28.6 Å². The molecule has 1 heterocycles. The van der Waals surface area contributed by atoms with Gasteiger partial charge in [0.2, 0.25) is 5.91 Å². The highest BCUT2D eigenvalue weighted by Gasteiger charge is 2.39. The van der Waals surface area contributed by atoms with Gasteiger partial charge in [-0.3, -0.25) is 9.59 Å². The molecule has 3 atom stereocenters. The molecule has 0 radical (unpaired) electrons. The normalized spacial score (nSPS) is 15.2. The van der Waals surface area contributed by atoms with E-state index in [1.54, 1.807) is 13.1 Å². The van der Waals surface area contributed by atoms with Crippen molar-refractivity contribution in [2.24, 2.45) is 11.3 Å². The molecule has 0 saturated heterocycles. The Morgan fingerprint density at radius 1 is 1.18 bits per heavy atom. The Morgan fingerprint density at radius 2 is 1.92 bits per heavy atom. The number of allylic oxidation sites excluding steroid dienone is 4. The lowest BCUT2D eigenvalue weighted by molar-refractivity contribution is -0.150. The van der Waals surface area contributed by atoms with Gasteiger partial charge in [0, 0.05) is 5.41 Å². The molecule has 1 aromatic heterocycles. The molecule has 8 heteroatoms. The van der Waals surface area contributed by atoms with Crippen LogP contribution in [-0.4, -0.2) is 40.6 Å². The van der Waals surface area contributed by atoms with Crippen molar-refractivity contribution in [1.82, 2.24) is 10.3 Å². The third kappa shape index (κ3) is 10.8. The third-order valence-electron chi connectivity index (χ3n) is 6.72. The zero-order valence-corrected chi connectivity index (χ0v) is 24.2. The lowest BCUT2D eigenvalue weighted by Crippen LogP contribution is -2.50. The van der Waals surface area contributed by atoms with E-state index >= 15 is 0 Å². The summed E-state index contributed by atoms with van der Waals surface area (Å²) in [5.74, 6) is -1.47. The SMILES string of the molecule is C/C=C\C/C=C(\CC)c1cnc(CC(NC(=O)C(C)(CCCC)C[C@@H](CCC)C(=O)O)C(=O)OCCC)o1. The zero-order chi connectivity index (χ0) is 28.6. The van der Waals surface area contributed by atoms with Gasteiger partial charge in [0.15, 0.2) is 5.89 Å². The molecule has 1 rings (SSSR count). The minimum Gasteiger partial charge on any atom is -0.481 e. The maximum Gasteiger partial charge on any atom is 0.329 e. The lowest BCUT2D eigenvalue weighted by atomic mass is 9.75. The number of carbonyl (C=O) groups is 3. The molecule has 1 amide bonds. The Hall–Kier alpha value is -2.90. The fraction of sp³-hybridized carbons (Fsp3) is 0.667. The summed E-state index contributed by atoms with van der Waals surface area (Å²) in [7, 11) is 0. The predicted molar refractivity (Wildman–Crippen MR) is 149 cm³/mol. The standard InChI is InChI=1S/C30H48N2O6/c1-7-12-14-16-22(11-5)25-21-31-26(38-25)19-24(28(35)37-18-10-4)32-29(36)30(6,17-13-8-2)20-23(15-9-3)27(33)34/h7,12,16,21,23-24H,8-11,13-15,17-20H2,1-6H3,(H,32,36)(H,33,34)/b12-7-,22-16+/t23-,24?,30?/m1/s1. The van der Waals surface area contributed by atoms with E-state index < -0.39 is 29.3 Å². The van der Waals surface area contributed by atoms with Gasteiger partial charge in [-0.05, 0) is 51.0 Å². The number of nitrogens with one attached hydrogen (secondary N) is 1. The van der Waals surface area contributed by atoms with Crippen molar-refractivity contribution in [3.63, 3.8) is 0 Å². The molecule has 0 saturated carbocycles. The first-order valence-corrected chi connectivity index (χ1v) is 14.1. The zero-order valence-electron chi connectivity index (χ0n) is 24.2. The van der Waals surface area contributed by atoms with Gasteiger partial charge in [0.1, 0.15) is 11.8 Å². The van der Waals surface area contributed by atoms with Crippen LogP contribution in [0.2, 0.25) is 0 Å². The van der Waals surface area contributed by atoms with Crippen LogP contribution >= 0.6 is 0 Å². The number of aromatic nitrogens is 1. The number of rotatable bonds is 19. The predicted octanol–water partition coefficient (Wildman–Crippen LogP) is 6.50. The van der Waals surface area contributed by atoms with Gasteiger partial charge in [-0.25, -0.2) is 9.78 Å². The van der Waals surface area contributed by atoms with Crippen LogP contribution in [0.4, 0.5) is 0 Å². The van der Waals surface area contributed by atoms with Crippen molar-refractivity contribution in [3.8, 4) is 0 Å². The number of nitrogens with zero attached hydrogens (tertiary/aromatic N) is 1. The summed E-state index contributed by atoms with van der Waals surface area (Å²) in [5.41, 5.74) is 0.0725. The van der Waals surface area contributed by atoms with E-state index in [1.807, 2.05) is 46.8 Å². The second kappa shape index (κ2) is 17.6. The average molecular weight is 533 g/mol. The highest BCUT2D eigenvalue weighted by molar-refractivity contribution is 5.88. The Bertz CT molecular complexity index is 935. The highest BCUT2D eigenvalue weighted by atomic mass is 16.5. The van der Waals surface area contributed by atoms with E-state index in [0.29, 0.717) is 37.3 Å². The second-order valence-corrected chi connectivity index (χ2v) is 10.1. The van der Waals surface area contributed by atoms with Crippen LogP contribution in [0.15, 0.2) is 28.8 Å². The number of carboxylic acids is 1. The van der Waals surface area contributed by atoms with Gasteiger partial charge in [-0.1, -0.05) is 72.1 Å². The molecule has 0 aliphatic heterocycles. The van der Waals surface area contributed by atoms with E-state index in [1.165, 1.54) is 0 Å². The van der Waals surface area contributed by atoms with Crippen molar-refractivity contribution in [2.45, 2.75) is 112 Å². The van der Waals surface area contributed by atoms with Crippen molar-refractivity contribution in [1.29, 1.82) is 0 Å². The number of carboxylic acid groups (broad SMARTS) is 1. The van der Waals surface area contributed by atoms with E-state index in [0.717, 1.165) is 31.3 Å². The van der Waals surface area contributed by atoms with Crippen LogP contribution < -0.4 is 5.32 Å². The smallest absolute Gasteiger partial charge is 0.329 e. The summed E-state index contributed by atoms with van der Waals surface area (Å²) in [5, 5.41) is 12.6. The molecule has 214 valence electrons. The van der Waals surface area contributed by atoms with Gasteiger partial charge < -0.3 is 19.6 Å². The molecule has 2 unspecified atom stereocenters. The number of unbranched alkanes of at least 4 members (excludes halogenated alkanes) is 1. The molecular weight excluding hydrogens is 484 g/mol. The first kappa shape index (κ1) is 33.1. The van der Waals surface area contributed by atoms with Gasteiger partial charge in [0.25, 0.3) is 0 Å². The maximum atomic E-state index is 13.6. The van der Waals surface area contributed by atoms with E-state index in [9.17, 15) is 19.5 Å². The van der Waals surface area contributed by atoms with Crippen LogP contribution in [0.1, 0.15) is 111 Å². The quantitative estimate of drug-likeness (QED) is 0.154. The fourth-order valence-electron chi connectivity index (χ4n) is 4.40. The van der Waals surface area contributed by atoms with E-state index in [4.69, 9.17) is 9.15 Å². The third-order valence-corrected chi connectivity index (χ3v) is 6.72. The number of oxazole rings is 1. The molecule has 0 aliphatic carbocycles. The van der Waals surface area contributed by atoms with Crippen molar-refractivity contribution in [3.05, 3.63) is 36.1 Å². The Kier molecular flexibility index (Phi) is 15.3. The number of carbonyl (C=O) groups excluding carboxylic acids is 2. The maximum absolute atomic E-state index is 13.6.